The third-order valence-corrected chi connectivity index (χ3v) is 3.64. The molecule has 0 unspecified atom stereocenters. The molecule has 0 saturated carbocycles. The number of alkyl halides is 1. The predicted octanol–water partition coefficient (Wildman–Crippen LogP) is 0.743. The minimum Gasteiger partial charge on any atom is -0.396 e. The number of nitrogens with zero attached hydrogens (tertiary/aromatic N) is 1. The van der Waals surface area contributed by atoms with Crippen molar-refractivity contribution in [3.8, 4) is 0 Å². The van der Waals surface area contributed by atoms with E-state index in [-0.39, 0.29) is 24.3 Å². The quantitative estimate of drug-likeness (QED) is 0.537. The van der Waals surface area contributed by atoms with Crippen molar-refractivity contribution in [3.05, 3.63) is 0 Å². The van der Waals surface area contributed by atoms with Crippen molar-refractivity contribution in [3.63, 3.8) is 0 Å². The van der Waals surface area contributed by atoms with Crippen LogP contribution in [0.3, 0.4) is 0 Å². The van der Waals surface area contributed by atoms with Crippen LogP contribution < -0.4 is 5.32 Å². The largest absolute Gasteiger partial charge is 0.396 e. The van der Waals surface area contributed by atoms with Gasteiger partial charge in [0.15, 0.2) is 0 Å². The fourth-order valence-corrected chi connectivity index (χ4v) is 2.34. The highest BCUT2D eigenvalue weighted by Gasteiger charge is 2.26. The van der Waals surface area contributed by atoms with Crippen molar-refractivity contribution >= 4 is 23.4 Å². The lowest BCUT2D eigenvalue weighted by atomic mass is 9.95. The Morgan fingerprint density at radius 3 is 2.53 bits per heavy atom. The Balaban J connectivity index is 2.24. The van der Waals surface area contributed by atoms with Gasteiger partial charge in [-0.1, -0.05) is 0 Å². The second-order valence-electron chi connectivity index (χ2n) is 4.82. The summed E-state index contributed by atoms with van der Waals surface area (Å²) in [7, 11) is 0. The van der Waals surface area contributed by atoms with E-state index >= 15 is 0 Å². The van der Waals surface area contributed by atoms with Crippen LogP contribution in [0.15, 0.2) is 0 Å². The standard InChI is InChI=1S/C13H23ClN2O3/c14-6-1-3-12(18)16-8-4-11(5-9-16)13(19)15-7-2-10-17/h11,17H,1-10H2,(H,15,19). The number of aliphatic hydroxyl groups excluding tert-OH is 1. The zero-order valence-electron chi connectivity index (χ0n) is 11.2. The van der Waals surface area contributed by atoms with E-state index in [2.05, 4.69) is 5.32 Å². The first-order valence-corrected chi connectivity index (χ1v) is 7.44. The molecule has 19 heavy (non-hydrogen) atoms. The van der Waals surface area contributed by atoms with Crippen molar-refractivity contribution in [1.29, 1.82) is 0 Å². The maximum Gasteiger partial charge on any atom is 0.223 e. The van der Waals surface area contributed by atoms with Gasteiger partial charge >= 0.3 is 0 Å². The van der Waals surface area contributed by atoms with Crippen LogP contribution in [-0.2, 0) is 9.59 Å². The average Bonchev–Trinajstić information content (AvgIpc) is 2.45. The van der Waals surface area contributed by atoms with Gasteiger partial charge in [0.25, 0.3) is 0 Å². The number of hydrogen-bond acceptors (Lipinski definition) is 3. The SMILES string of the molecule is O=C(NCCCO)C1CCN(C(=O)CCCCl)CC1. The van der Waals surface area contributed by atoms with Gasteiger partial charge in [-0.05, 0) is 25.7 Å². The Morgan fingerprint density at radius 1 is 1.26 bits per heavy atom. The molecule has 1 heterocycles. The van der Waals surface area contributed by atoms with Crippen molar-refractivity contribution in [2.75, 3.05) is 32.1 Å². The fraction of sp³-hybridized carbons (Fsp3) is 0.846. The van der Waals surface area contributed by atoms with Crippen LogP contribution in [0, 0.1) is 5.92 Å². The Kier molecular flexibility index (Phi) is 7.82. The van der Waals surface area contributed by atoms with Gasteiger partial charge in [0, 0.05) is 44.5 Å². The predicted molar refractivity (Wildman–Crippen MR) is 74.0 cm³/mol. The average molecular weight is 291 g/mol. The van der Waals surface area contributed by atoms with Gasteiger partial charge in [-0.2, -0.15) is 0 Å². The molecule has 0 spiro atoms. The van der Waals surface area contributed by atoms with Crippen molar-refractivity contribution in [2.24, 2.45) is 5.92 Å². The summed E-state index contributed by atoms with van der Waals surface area (Å²) in [6, 6.07) is 0. The van der Waals surface area contributed by atoms with Gasteiger partial charge in [0.05, 0.1) is 0 Å². The Bertz CT molecular complexity index is 292. The molecule has 5 nitrogen and oxygen atoms in total. The van der Waals surface area contributed by atoms with Crippen molar-refractivity contribution in [2.45, 2.75) is 32.1 Å². The zero-order valence-corrected chi connectivity index (χ0v) is 12.0. The molecule has 0 aromatic heterocycles. The molecule has 0 aliphatic carbocycles. The molecule has 0 aromatic rings. The Morgan fingerprint density at radius 2 is 1.95 bits per heavy atom. The molecule has 0 atom stereocenters. The van der Waals surface area contributed by atoms with Crippen LogP contribution in [0.25, 0.3) is 0 Å². The van der Waals surface area contributed by atoms with E-state index in [9.17, 15) is 9.59 Å². The summed E-state index contributed by atoms with van der Waals surface area (Å²) in [5, 5.41) is 11.5. The number of nitrogens with one attached hydrogen (secondary N) is 1. The first kappa shape index (κ1) is 16.2. The minimum absolute atomic E-state index is 0.00392. The molecule has 2 N–H and O–H groups in total. The van der Waals surface area contributed by atoms with Crippen LogP contribution >= 0.6 is 11.6 Å². The molecule has 0 radical (unpaired) electrons. The van der Waals surface area contributed by atoms with Crippen molar-refractivity contribution < 1.29 is 14.7 Å². The summed E-state index contributed by atoms with van der Waals surface area (Å²) >= 11 is 5.57. The van der Waals surface area contributed by atoms with E-state index < -0.39 is 0 Å². The number of aliphatic hydroxyl groups is 1. The van der Waals surface area contributed by atoms with Crippen LogP contribution in [0.1, 0.15) is 32.1 Å². The molecular formula is C13H23ClN2O3. The molecule has 1 aliphatic rings. The number of rotatable bonds is 7. The van der Waals surface area contributed by atoms with E-state index in [0.717, 1.165) is 12.8 Å². The van der Waals surface area contributed by atoms with Gasteiger partial charge < -0.3 is 15.3 Å². The zero-order chi connectivity index (χ0) is 14.1. The number of amides is 2. The summed E-state index contributed by atoms with van der Waals surface area (Å²) < 4.78 is 0. The molecule has 0 aromatic carbocycles. The van der Waals surface area contributed by atoms with Gasteiger partial charge in [0.2, 0.25) is 11.8 Å². The lowest BCUT2D eigenvalue weighted by Crippen LogP contribution is -2.43. The number of halogens is 1. The number of carbonyl (C=O) groups is 2. The number of carbonyl (C=O) groups excluding carboxylic acids is 2. The Labute approximate surface area is 119 Å². The summed E-state index contributed by atoms with van der Waals surface area (Å²) in [6.45, 7) is 1.91. The third kappa shape index (κ3) is 5.78. The second kappa shape index (κ2) is 9.15. The molecule has 110 valence electrons. The lowest BCUT2D eigenvalue weighted by Gasteiger charge is -2.31. The van der Waals surface area contributed by atoms with Crippen LogP contribution in [0.5, 0.6) is 0 Å². The highest BCUT2D eigenvalue weighted by atomic mass is 35.5. The van der Waals surface area contributed by atoms with E-state index in [1.54, 1.807) is 0 Å². The smallest absolute Gasteiger partial charge is 0.223 e. The summed E-state index contributed by atoms with van der Waals surface area (Å²) in [4.78, 5) is 25.4. The number of likely N-dealkylation sites (tertiary alicyclic amines) is 1. The maximum absolute atomic E-state index is 11.8. The summed E-state index contributed by atoms with van der Waals surface area (Å²) in [6.07, 6.45) is 3.23. The summed E-state index contributed by atoms with van der Waals surface area (Å²) in [5.41, 5.74) is 0. The van der Waals surface area contributed by atoms with E-state index in [4.69, 9.17) is 16.7 Å². The molecule has 1 fully saturated rings. The normalized spacial score (nSPS) is 16.4. The number of hydrogen-bond donors (Lipinski definition) is 2. The molecule has 2 amide bonds. The molecule has 1 aliphatic heterocycles. The third-order valence-electron chi connectivity index (χ3n) is 3.38. The van der Waals surface area contributed by atoms with Crippen LogP contribution in [0.2, 0.25) is 0 Å². The first-order chi connectivity index (χ1) is 9.19. The fourth-order valence-electron chi connectivity index (χ4n) is 2.20. The maximum atomic E-state index is 11.8. The van der Waals surface area contributed by atoms with Gasteiger partial charge in [-0.3, -0.25) is 9.59 Å². The van der Waals surface area contributed by atoms with E-state index in [1.165, 1.54) is 0 Å². The Hall–Kier alpha value is -0.810. The van der Waals surface area contributed by atoms with Crippen LogP contribution in [-0.4, -0.2) is 53.9 Å². The first-order valence-electron chi connectivity index (χ1n) is 6.91. The monoisotopic (exact) mass is 290 g/mol. The molecule has 1 rings (SSSR count). The minimum atomic E-state index is -0.00392. The van der Waals surface area contributed by atoms with E-state index in [1.807, 2.05) is 4.90 Å². The molecular weight excluding hydrogens is 268 g/mol. The van der Waals surface area contributed by atoms with Crippen LogP contribution in [0.4, 0.5) is 0 Å². The molecule has 0 bridgehead atoms. The molecule has 1 saturated heterocycles. The summed E-state index contributed by atoms with van der Waals surface area (Å²) in [5.74, 6) is 0.687. The van der Waals surface area contributed by atoms with Gasteiger partial charge in [-0.25, -0.2) is 0 Å². The van der Waals surface area contributed by atoms with Gasteiger partial charge in [0.1, 0.15) is 0 Å². The van der Waals surface area contributed by atoms with Crippen molar-refractivity contribution in [1.82, 2.24) is 10.2 Å². The topological polar surface area (TPSA) is 69.6 Å². The second-order valence-corrected chi connectivity index (χ2v) is 5.19. The molecule has 6 heteroatoms. The lowest BCUT2D eigenvalue weighted by molar-refractivity contribution is -0.135. The highest BCUT2D eigenvalue weighted by molar-refractivity contribution is 6.17. The number of piperidine rings is 1. The van der Waals surface area contributed by atoms with Gasteiger partial charge in [-0.15, -0.1) is 11.6 Å². The highest BCUT2D eigenvalue weighted by Crippen LogP contribution is 2.18. The van der Waals surface area contributed by atoms with E-state index in [0.29, 0.717) is 44.8 Å².